The Kier molecular flexibility index (Phi) is 5.69. The smallest absolute Gasteiger partial charge is 0.165 e. The van der Waals surface area contributed by atoms with Gasteiger partial charge in [-0.05, 0) is 43.3 Å². The first kappa shape index (κ1) is 15.4. The lowest BCUT2D eigenvalue weighted by Gasteiger charge is -2.14. The van der Waals surface area contributed by atoms with E-state index in [0.717, 1.165) is 17.8 Å². The van der Waals surface area contributed by atoms with Crippen molar-refractivity contribution in [2.24, 2.45) is 0 Å². The summed E-state index contributed by atoms with van der Waals surface area (Å²) in [5.74, 6) is -0.0309. The molecule has 0 radical (unpaired) electrons. The minimum Gasteiger partial charge on any atom is -0.490 e. The fourth-order valence-corrected chi connectivity index (χ4v) is 2.14. The molecule has 1 unspecified atom stereocenters. The molecule has 0 aliphatic carbocycles. The normalized spacial score (nSPS) is 12.1. The Morgan fingerprint density at radius 2 is 2.14 bits per heavy atom. The molecule has 1 atom stereocenters. The van der Waals surface area contributed by atoms with Gasteiger partial charge >= 0.3 is 0 Å². The standard InChI is InChI=1S/C17H21FN2O/c1-3-19-13(2)14-7-8-17(16(18)12-14)21-11-9-15-6-4-5-10-20-15/h4-8,10,12-13,19H,3,9,11H2,1-2H3. The van der Waals surface area contributed by atoms with E-state index >= 15 is 0 Å². The van der Waals surface area contributed by atoms with Gasteiger partial charge in [0.15, 0.2) is 11.6 Å². The first-order valence-corrected chi connectivity index (χ1v) is 7.26. The highest BCUT2D eigenvalue weighted by Gasteiger charge is 2.09. The van der Waals surface area contributed by atoms with E-state index in [1.54, 1.807) is 12.3 Å². The number of hydrogen-bond donors (Lipinski definition) is 1. The average molecular weight is 288 g/mol. The third kappa shape index (κ3) is 4.53. The molecular formula is C17H21FN2O. The van der Waals surface area contributed by atoms with E-state index in [4.69, 9.17) is 4.74 Å². The Labute approximate surface area is 125 Å². The van der Waals surface area contributed by atoms with Crippen molar-refractivity contribution >= 4 is 0 Å². The molecule has 1 aromatic carbocycles. The zero-order chi connectivity index (χ0) is 15.1. The third-order valence-corrected chi connectivity index (χ3v) is 3.31. The van der Waals surface area contributed by atoms with Crippen molar-refractivity contribution in [1.29, 1.82) is 0 Å². The van der Waals surface area contributed by atoms with Gasteiger partial charge in [-0.2, -0.15) is 0 Å². The molecule has 112 valence electrons. The summed E-state index contributed by atoms with van der Waals surface area (Å²) in [6.07, 6.45) is 2.41. The molecule has 2 aromatic rings. The van der Waals surface area contributed by atoms with E-state index in [1.165, 1.54) is 6.07 Å². The number of halogens is 1. The Morgan fingerprint density at radius 1 is 1.29 bits per heavy atom. The number of nitrogens with one attached hydrogen (secondary N) is 1. The highest BCUT2D eigenvalue weighted by molar-refractivity contribution is 5.31. The van der Waals surface area contributed by atoms with Gasteiger partial charge in [0.1, 0.15) is 0 Å². The fourth-order valence-electron chi connectivity index (χ4n) is 2.14. The summed E-state index contributed by atoms with van der Waals surface area (Å²) in [7, 11) is 0. The summed E-state index contributed by atoms with van der Waals surface area (Å²) in [6.45, 7) is 5.31. The molecule has 0 amide bonds. The second-order valence-corrected chi connectivity index (χ2v) is 4.89. The molecule has 0 spiro atoms. The zero-order valence-electron chi connectivity index (χ0n) is 12.5. The highest BCUT2D eigenvalue weighted by Crippen LogP contribution is 2.22. The van der Waals surface area contributed by atoms with Gasteiger partial charge in [-0.3, -0.25) is 4.98 Å². The zero-order valence-corrected chi connectivity index (χ0v) is 12.5. The molecule has 0 aliphatic heterocycles. The number of benzene rings is 1. The molecule has 0 saturated heterocycles. The van der Waals surface area contributed by atoms with Crippen LogP contribution >= 0.6 is 0 Å². The molecule has 0 bridgehead atoms. The Hall–Kier alpha value is -1.94. The van der Waals surface area contributed by atoms with Gasteiger partial charge in [-0.1, -0.05) is 19.1 Å². The van der Waals surface area contributed by atoms with Gasteiger partial charge in [0.25, 0.3) is 0 Å². The van der Waals surface area contributed by atoms with Crippen molar-refractivity contribution in [3.8, 4) is 5.75 Å². The molecule has 1 aromatic heterocycles. The van der Waals surface area contributed by atoms with Crippen LogP contribution in [0.5, 0.6) is 5.75 Å². The largest absolute Gasteiger partial charge is 0.490 e. The van der Waals surface area contributed by atoms with E-state index in [-0.39, 0.29) is 11.9 Å². The molecule has 0 saturated carbocycles. The molecule has 0 aliphatic rings. The topological polar surface area (TPSA) is 34.1 Å². The van der Waals surface area contributed by atoms with Crippen molar-refractivity contribution in [2.45, 2.75) is 26.3 Å². The molecule has 21 heavy (non-hydrogen) atoms. The van der Waals surface area contributed by atoms with E-state index in [9.17, 15) is 4.39 Å². The number of hydrogen-bond acceptors (Lipinski definition) is 3. The van der Waals surface area contributed by atoms with Crippen LogP contribution in [0.1, 0.15) is 31.1 Å². The number of rotatable bonds is 7. The first-order valence-electron chi connectivity index (χ1n) is 7.26. The van der Waals surface area contributed by atoms with Crippen LogP contribution in [0.4, 0.5) is 4.39 Å². The summed E-state index contributed by atoms with van der Waals surface area (Å²) in [5, 5.41) is 3.26. The van der Waals surface area contributed by atoms with Crippen LogP contribution in [-0.4, -0.2) is 18.1 Å². The number of pyridine rings is 1. The van der Waals surface area contributed by atoms with Crippen molar-refractivity contribution in [2.75, 3.05) is 13.2 Å². The third-order valence-electron chi connectivity index (χ3n) is 3.31. The Morgan fingerprint density at radius 3 is 2.81 bits per heavy atom. The lowest BCUT2D eigenvalue weighted by atomic mass is 10.1. The Balaban J connectivity index is 1.92. The van der Waals surface area contributed by atoms with Gasteiger partial charge in [-0.15, -0.1) is 0 Å². The van der Waals surface area contributed by atoms with Crippen LogP contribution in [0.15, 0.2) is 42.6 Å². The molecule has 1 N–H and O–H groups in total. The van der Waals surface area contributed by atoms with Crippen LogP contribution in [0.25, 0.3) is 0 Å². The van der Waals surface area contributed by atoms with Crippen LogP contribution in [0.2, 0.25) is 0 Å². The van der Waals surface area contributed by atoms with Gasteiger partial charge in [0.05, 0.1) is 6.61 Å². The van der Waals surface area contributed by atoms with Crippen LogP contribution in [-0.2, 0) is 6.42 Å². The number of aromatic nitrogens is 1. The molecule has 2 rings (SSSR count). The SMILES string of the molecule is CCNC(C)c1ccc(OCCc2ccccn2)c(F)c1. The van der Waals surface area contributed by atoms with Gasteiger partial charge in [-0.25, -0.2) is 4.39 Å². The average Bonchev–Trinajstić information content (AvgIpc) is 2.50. The van der Waals surface area contributed by atoms with Crippen LogP contribution in [0.3, 0.4) is 0 Å². The van der Waals surface area contributed by atoms with Gasteiger partial charge in [0, 0.05) is 24.4 Å². The summed E-state index contributed by atoms with van der Waals surface area (Å²) >= 11 is 0. The van der Waals surface area contributed by atoms with Crippen molar-refractivity contribution in [1.82, 2.24) is 10.3 Å². The van der Waals surface area contributed by atoms with E-state index < -0.39 is 0 Å². The van der Waals surface area contributed by atoms with E-state index in [0.29, 0.717) is 18.8 Å². The maximum Gasteiger partial charge on any atom is 0.165 e. The molecule has 4 heteroatoms. The predicted octanol–water partition coefficient (Wildman–Crippen LogP) is 3.51. The van der Waals surface area contributed by atoms with Crippen LogP contribution in [0, 0.1) is 5.82 Å². The molecule has 3 nitrogen and oxygen atoms in total. The number of nitrogens with zero attached hydrogens (tertiary/aromatic N) is 1. The highest BCUT2D eigenvalue weighted by atomic mass is 19.1. The second kappa shape index (κ2) is 7.74. The minimum absolute atomic E-state index is 0.132. The van der Waals surface area contributed by atoms with Gasteiger partial charge < -0.3 is 10.1 Å². The van der Waals surface area contributed by atoms with Crippen molar-refractivity contribution < 1.29 is 9.13 Å². The van der Waals surface area contributed by atoms with Gasteiger partial charge in [0.2, 0.25) is 0 Å². The summed E-state index contributed by atoms with van der Waals surface area (Å²) in [5.41, 5.74) is 1.86. The quantitative estimate of drug-likeness (QED) is 0.846. The van der Waals surface area contributed by atoms with E-state index in [2.05, 4.69) is 10.3 Å². The van der Waals surface area contributed by atoms with Crippen LogP contribution < -0.4 is 10.1 Å². The second-order valence-electron chi connectivity index (χ2n) is 4.89. The van der Waals surface area contributed by atoms with Crippen molar-refractivity contribution in [3.05, 3.63) is 59.7 Å². The van der Waals surface area contributed by atoms with Crippen molar-refractivity contribution in [3.63, 3.8) is 0 Å². The monoisotopic (exact) mass is 288 g/mol. The first-order chi connectivity index (χ1) is 10.2. The lowest BCUT2D eigenvalue weighted by molar-refractivity contribution is 0.303. The maximum absolute atomic E-state index is 14.0. The molecule has 1 heterocycles. The predicted molar refractivity (Wildman–Crippen MR) is 81.9 cm³/mol. The maximum atomic E-state index is 14.0. The number of ether oxygens (including phenoxy) is 1. The molecular weight excluding hydrogens is 267 g/mol. The van der Waals surface area contributed by atoms with E-state index in [1.807, 2.05) is 38.1 Å². The Bertz CT molecular complexity index is 560. The fraction of sp³-hybridized carbons (Fsp3) is 0.353. The summed E-state index contributed by atoms with van der Waals surface area (Å²) in [6, 6.07) is 11.0. The minimum atomic E-state index is -0.321. The lowest BCUT2D eigenvalue weighted by Crippen LogP contribution is -2.17. The summed E-state index contributed by atoms with van der Waals surface area (Å²) in [4.78, 5) is 4.21. The molecule has 0 fully saturated rings. The summed E-state index contributed by atoms with van der Waals surface area (Å²) < 4.78 is 19.5.